The van der Waals surface area contributed by atoms with E-state index in [1.165, 1.54) is 51.4 Å². The Morgan fingerprint density at radius 1 is 0.756 bits per heavy atom. The zero-order valence-corrected chi connectivity index (χ0v) is 27.4. The van der Waals surface area contributed by atoms with E-state index >= 15 is 0 Å². The smallest absolute Gasteiger partial charge is 0.340 e. The molecule has 1 spiro atoms. The van der Waals surface area contributed by atoms with Crippen LogP contribution in [0.5, 0.6) is 11.5 Å². The normalized spacial score (nSPS) is 16.0. The molecule has 6 heteroatoms. The molecule has 0 saturated carbocycles. The molecule has 0 fully saturated rings. The molecule has 2 heterocycles. The average Bonchev–Trinajstić information content (AvgIpc) is 3.34. The minimum atomic E-state index is -1.12. The van der Waals surface area contributed by atoms with Crippen molar-refractivity contribution in [3.8, 4) is 11.5 Å². The van der Waals surface area contributed by atoms with Gasteiger partial charge in [0.05, 0.1) is 5.56 Å². The Balaban J connectivity index is 1.43. The molecule has 1 atom stereocenters. The zero-order valence-electron chi connectivity index (χ0n) is 26.6. The average molecular weight is 623 g/mol. The lowest BCUT2D eigenvalue weighted by molar-refractivity contribution is 0.0224. The van der Waals surface area contributed by atoms with Gasteiger partial charge in [0.25, 0.3) is 0 Å². The molecule has 0 saturated heterocycles. The Labute approximate surface area is 272 Å². The van der Waals surface area contributed by atoms with Crippen LogP contribution in [0.4, 0.5) is 17.1 Å². The highest BCUT2D eigenvalue weighted by Gasteiger charge is 2.53. The highest BCUT2D eigenvalue weighted by atomic mass is 35.5. The lowest BCUT2D eigenvalue weighted by Gasteiger charge is -2.38. The summed E-state index contributed by atoms with van der Waals surface area (Å²) < 4.78 is 13.2. The lowest BCUT2D eigenvalue weighted by atomic mass is 9.77. The predicted octanol–water partition coefficient (Wildman–Crippen LogP) is 10.9. The number of nitrogens with zero attached hydrogens (tertiary/aromatic N) is 1. The number of hydrogen-bond acceptors (Lipinski definition) is 5. The predicted molar refractivity (Wildman–Crippen MR) is 185 cm³/mol. The van der Waals surface area contributed by atoms with E-state index in [9.17, 15) is 4.79 Å². The Morgan fingerprint density at radius 3 is 2.16 bits per heavy atom. The van der Waals surface area contributed by atoms with E-state index in [1.54, 1.807) is 0 Å². The van der Waals surface area contributed by atoms with Crippen molar-refractivity contribution in [2.24, 2.45) is 0 Å². The summed E-state index contributed by atoms with van der Waals surface area (Å²) in [4.78, 5) is 16.0. The second kappa shape index (κ2) is 13.6. The van der Waals surface area contributed by atoms with Gasteiger partial charge in [-0.1, -0.05) is 82.2 Å². The fourth-order valence-corrected chi connectivity index (χ4v) is 6.78. The number of carbonyl (C=O) groups excluding carboxylic acids is 1. The summed E-state index contributed by atoms with van der Waals surface area (Å²) >= 11 is 6.14. The van der Waals surface area contributed by atoms with Crippen molar-refractivity contribution in [3.63, 3.8) is 0 Å². The van der Waals surface area contributed by atoms with Crippen LogP contribution in [0.25, 0.3) is 0 Å². The Hall–Kier alpha value is -3.96. The number of aryl methyl sites for hydroxylation is 1. The minimum Gasteiger partial charge on any atom is -0.456 e. The van der Waals surface area contributed by atoms with Gasteiger partial charge in [0.15, 0.2) is 5.60 Å². The van der Waals surface area contributed by atoms with E-state index in [-0.39, 0.29) is 5.97 Å². The molecule has 4 aromatic rings. The third kappa shape index (κ3) is 6.15. The van der Waals surface area contributed by atoms with Crippen molar-refractivity contribution in [1.82, 2.24) is 0 Å². The highest BCUT2D eigenvalue weighted by molar-refractivity contribution is 6.30. The van der Waals surface area contributed by atoms with Crippen LogP contribution in [0.2, 0.25) is 5.02 Å². The number of rotatable bonds is 13. The number of esters is 1. The Bertz CT molecular complexity index is 1660. The van der Waals surface area contributed by atoms with Crippen LogP contribution in [0, 0.1) is 6.92 Å². The van der Waals surface area contributed by atoms with Gasteiger partial charge in [-0.15, -0.1) is 0 Å². The SMILES string of the molecule is CCCCCCN(CCCCCC)c1ccc2c(c1)Oc1cc(C)c(Nc3ccc(Cl)cc3)cc1C21OC(=O)c2ccccc21. The lowest BCUT2D eigenvalue weighted by Crippen LogP contribution is -2.33. The molecule has 0 radical (unpaired) electrons. The van der Waals surface area contributed by atoms with Gasteiger partial charge in [-0.25, -0.2) is 4.79 Å². The van der Waals surface area contributed by atoms with Crippen LogP contribution in [-0.4, -0.2) is 19.1 Å². The second-order valence-corrected chi connectivity index (χ2v) is 12.7. The fraction of sp³-hybridized carbons (Fsp3) is 0.359. The maximum absolute atomic E-state index is 13.5. The van der Waals surface area contributed by atoms with E-state index in [1.807, 2.05) is 54.6 Å². The molecule has 234 valence electrons. The molecule has 4 aromatic carbocycles. The molecule has 5 nitrogen and oxygen atoms in total. The number of anilines is 3. The van der Waals surface area contributed by atoms with Crippen LogP contribution in [0.1, 0.15) is 97.8 Å². The van der Waals surface area contributed by atoms with Crippen LogP contribution in [-0.2, 0) is 10.3 Å². The molecule has 2 aliphatic heterocycles. The van der Waals surface area contributed by atoms with Crippen molar-refractivity contribution in [2.75, 3.05) is 23.3 Å². The standard InChI is InChI=1S/C39H43ClN2O3/c1-4-6-8-12-22-42(23-13-9-7-5-2)30-20-21-33-37(25-30)44-36-24-27(3)35(41-29-18-16-28(40)17-19-29)26-34(36)39(33)32-15-11-10-14-31(32)38(43)45-39/h10-11,14-21,24-26,41H,4-9,12-13,22-23H2,1-3H3. The first kappa shape index (κ1) is 31.0. The largest absolute Gasteiger partial charge is 0.456 e. The Kier molecular flexibility index (Phi) is 9.37. The first-order valence-corrected chi connectivity index (χ1v) is 16.9. The highest BCUT2D eigenvalue weighted by Crippen LogP contribution is 2.57. The van der Waals surface area contributed by atoms with Gasteiger partial charge in [0, 0.05) is 57.9 Å². The summed E-state index contributed by atoms with van der Waals surface area (Å²) in [5, 5.41) is 4.22. The van der Waals surface area contributed by atoms with E-state index in [0.717, 1.165) is 58.2 Å². The van der Waals surface area contributed by atoms with Gasteiger partial charge in [-0.3, -0.25) is 0 Å². The van der Waals surface area contributed by atoms with Crippen molar-refractivity contribution < 1.29 is 14.3 Å². The molecule has 1 N–H and O–H groups in total. The minimum absolute atomic E-state index is 0.324. The van der Waals surface area contributed by atoms with Crippen molar-refractivity contribution in [1.29, 1.82) is 0 Å². The van der Waals surface area contributed by atoms with Gasteiger partial charge >= 0.3 is 5.97 Å². The third-order valence-corrected chi connectivity index (χ3v) is 9.35. The first-order valence-electron chi connectivity index (χ1n) is 16.5. The number of nitrogens with one attached hydrogen (secondary N) is 1. The van der Waals surface area contributed by atoms with Gasteiger partial charge < -0.3 is 19.7 Å². The topological polar surface area (TPSA) is 50.8 Å². The number of carbonyl (C=O) groups is 1. The molecule has 0 aromatic heterocycles. The molecular formula is C39H43ClN2O3. The van der Waals surface area contributed by atoms with Crippen LogP contribution >= 0.6 is 11.6 Å². The maximum atomic E-state index is 13.5. The zero-order chi connectivity index (χ0) is 31.4. The molecule has 45 heavy (non-hydrogen) atoms. The summed E-state index contributed by atoms with van der Waals surface area (Å²) in [5.74, 6) is 1.10. The monoisotopic (exact) mass is 622 g/mol. The quantitative estimate of drug-likeness (QED) is 0.119. The third-order valence-electron chi connectivity index (χ3n) is 9.09. The molecular weight excluding hydrogens is 580 g/mol. The van der Waals surface area contributed by atoms with Gasteiger partial charge in [-0.05, 0) is 79.9 Å². The number of benzene rings is 4. The van der Waals surface area contributed by atoms with E-state index in [2.05, 4.69) is 55.3 Å². The molecule has 6 rings (SSSR count). The van der Waals surface area contributed by atoms with E-state index < -0.39 is 5.60 Å². The van der Waals surface area contributed by atoms with Crippen molar-refractivity contribution in [2.45, 2.75) is 77.7 Å². The molecule has 0 bridgehead atoms. The van der Waals surface area contributed by atoms with Gasteiger partial charge in [0.1, 0.15) is 11.5 Å². The number of hydrogen-bond donors (Lipinski definition) is 1. The van der Waals surface area contributed by atoms with Crippen molar-refractivity contribution >= 4 is 34.6 Å². The molecule has 0 amide bonds. The molecule has 2 aliphatic rings. The van der Waals surface area contributed by atoms with Crippen molar-refractivity contribution in [3.05, 3.63) is 112 Å². The van der Waals surface area contributed by atoms with Gasteiger partial charge in [0.2, 0.25) is 0 Å². The van der Waals surface area contributed by atoms with E-state index in [0.29, 0.717) is 16.3 Å². The fourth-order valence-electron chi connectivity index (χ4n) is 6.66. The Morgan fingerprint density at radius 2 is 1.44 bits per heavy atom. The maximum Gasteiger partial charge on any atom is 0.340 e. The van der Waals surface area contributed by atoms with Crippen LogP contribution in [0.3, 0.4) is 0 Å². The molecule has 1 unspecified atom stereocenters. The molecule has 0 aliphatic carbocycles. The number of fused-ring (bicyclic) bond motifs is 6. The number of ether oxygens (including phenoxy) is 2. The summed E-state index contributed by atoms with van der Waals surface area (Å²) in [5.41, 5.74) is 5.94. The number of unbranched alkanes of at least 4 members (excludes halogenated alkanes) is 6. The van der Waals surface area contributed by atoms with Crippen LogP contribution in [0.15, 0.2) is 78.9 Å². The van der Waals surface area contributed by atoms with Gasteiger partial charge in [-0.2, -0.15) is 0 Å². The summed E-state index contributed by atoms with van der Waals surface area (Å²) in [6.45, 7) is 8.60. The first-order chi connectivity index (χ1) is 21.9. The number of halogens is 1. The summed E-state index contributed by atoms with van der Waals surface area (Å²) in [6, 6.07) is 25.9. The van der Waals surface area contributed by atoms with Crippen LogP contribution < -0.4 is 15.0 Å². The second-order valence-electron chi connectivity index (χ2n) is 12.3. The summed E-state index contributed by atoms with van der Waals surface area (Å²) in [7, 11) is 0. The van der Waals surface area contributed by atoms with E-state index in [4.69, 9.17) is 21.1 Å². The summed E-state index contributed by atoms with van der Waals surface area (Å²) in [6.07, 6.45) is 9.77.